The van der Waals surface area contributed by atoms with Crippen molar-refractivity contribution in [1.29, 1.82) is 0 Å². The molecule has 1 fully saturated rings. The van der Waals surface area contributed by atoms with Crippen LogP contribution in [0.25, 0.3) is 0 Å². The fraction of sp³-hybridized carbons (Fsp3) is 0.600. The van der Waals surface area contributed by atoms with E-state index in [-0.39, 0.29) is 11.8 Å². The van der Waals surface area contributed by atoms with Crippen molar-refractivity contribution in [3.63, 3.8) is 0 Å². The first kappa shape index (κ1) is 14.7. The third kappa shape index (κ3) is 2.87. The van der Waals surface area contributed by atoms with Gasteiger partial charge in [0.15, 0.2) is 11.5 Å². The van der Waals surface area contributed by atoms with Gasteiger partial charge in [-0.1, -0.05) is 13.0 Å². The molecule has 2 aliphatic rings. The molecular weight excluding hydrogens is 290 g/mol. The van der Waals surface area contributed by atoms with Crippen LogP contribution in [0.2, 0.25) is 0 Å². The van der Waals surface area contributed by atoms with Crippen LogP contribution in [0.15, 0.2) is 18.2 Å². The van der Waals surface area contributed by atoms with E-state index in [0.29, 0.717) is 26.2 Å². The van der Waals surface area contributed by atoms with Crippen LogP contribution in [0.1, 0.15) is 37.8 Å². The van der Waals surface area contributed by atoms with E-state index in [1.165, 1.54) is 0 Å². The lowest BCUT2D eigenvalue weighted by Crippen LogP contribution is -2.32. The summed E-state index contributed by atoms with van der Waals surface area (Å²) in [5.74, 6) is 1.68. The molecule has 1 aromatic carbocycles. The second-order valence-corrected chi connectivity index (χ2v) is 7.53. The van der Waals surface area contributed by atoms with Gasteiger partial charge in [0.2, 0.25) is 10.0 Å². The van der Waals surface area contributed by atoms with Crippen LogP contribution >= 0.6 is 0 Å². The normalized spacial score (nSPS) is 22.4. The van der Waals surface area contributed by atoms with Gasteiger partial charge in [-0.3, -0.25) is 0 Å². The van der Waals surface area contributed by atoms with Crippen molar-refractivity contribution in [2.24, 2.45) is 0 Å². The number of rotatable bonds is 4. The number of hydrogen-bond acceptors (Lipinski definition) is 4. The molecule has 0 amide bonds. The van der Waals surface area contributed by atoms with E-state index in [4.69, 9.17) is 9.47 Å². The molecule has 0 radical (unpaired) electrons. The molecule has 1 aromatic rings. The van der Waals surface area contributed by atoms with Gasteiger partial charge in [0.05, 0.1) is 5.75 Å². The van der Waals surface area contributed by atoms with Crippen LogP contribution in [-0.2, 0) is 10.0 Å². The van der Waals surface area contributed by atoms with Gasteiger partial charge in [-0.25, -0.2) is 8.42 Å². The molecule has 2 heterocycles. The van der Waals surface area contributed by atoms with E-state index in [1.807, 2.05) is 25.1 Å². The van der Waals surface area contributed by atoms with Crippen molar-refractivity contribution in [1.82, 2.24) is 4.31 Å². The maximum Gasteiger partial charge on any atom is 0.214 e. The number of hydrogen-bond donors (Lipinski definition) is 0. The van der Waals surface area contributed by atoms with Gasteiger partial charge in [0.25, 0.3) is 0 Å². The third-order valence-electron chi connectivity index (χ3n) is 3.97. The molecular formula is C15H21NO4S. The maximum atomic E-state index is 12.4. The summed E-state index contributed by atoms with van der Waals surface area (Å²) in [5, 5.41) is 0. The molecule has 3 rings (SSSR count). The molecule has 1 atom stereocenters. The lowest BCUT2D eigenvalue weighted by atomic mass is 10.0. The van der Waals surface area contributed by atoms with Crippen LogP contribution in [0, 0.1) is 0 Å². The molecule has 6 heteroatoms. The molecule has 0 bridgehead atoms. The first-order chi connectivity index (χ1) is 10.1. The van der Waals surface area contributed by atoms with Gasteiger partial charge in [-0.05, 0) is 37.0 Å². The van der Waals surface area contributed by atoms with Gasteiger partial charge in [0, 0.05) is 12.6 Å². The number of nitrogens with zero attached hydrogens (tertiary/aromatic N) is 1. The lowest BCUT2D eigenvalue weighted by molar-refractivity contribution is 0.171. The number of ether oxygens (including phenoxy) is 2. The topological polar surface area (TPSA) is 55.8 Å². The Morgan fingerprint density at radius 2 is 2.00 bits per heavy atom. The monoisotopic (exact) mass is 311 g/mol. The minimum atomic E-state index is -3.17. The number of benzene rings is 1. The third-order valence-corrected chi connectivity index (χ3v) is 6.05. The van der Waals surface area contributed by atoms with E-state index < -0.39 is 10.0 Å². The average molecular weight is 311 g/mol. The molecule has 0 unspecified atom stereocenters. The summed E-state index contributed by atoms with van der Waals surface area (Å²) in [5.41, 5.74) is 0.997. The van der Waals surface area contributed by atoms with Crippen LogP contribution in [0.4, 0.5) is 0 Å². The summed E-state index contributed by atoms with van der Waals surface area (Å²) >= 11 is 0. The first-order valence-corrected chi connectivity index (χ1v) is 9.12. The Kier molecular flexibility index (Phi) is 4.08. The summed E-state index contributed by atoms with van der Waals surface area (Å²) < 4.78 is 37.5. The summed E-state index contributed by atoms with van der Waals surface area (Å²) in [6.07, 6.45) is 2.41. The van der Waals surface area contributed by atoms with Gasteiger partial charge < -0.3 is 9.47 Å². The van der Waals surface area contributed by atoms with E-state index in [1.54, 1.807) is 4.31 Å². The Hall–Kier alpha value is -1.27. The SMILES string of the molecule is CCCS(=O)(=O)N1CCC[C@H]1c1ccc2c(c1)OCCO2. The smallest absolute Gasteiger partial charge is 0.214 e. The Morgan fingerprint density at radius 3 is 2.76 bits per heavy atom. The number of fused-ring (bicyclic) bond motifs is 1. The van der Waals surface area contributed by atoms with E-state index in [9.17, 15) is 8.42 Å². The summed E-state index contributed by atoms with van der Waals surface area (Å²) in [4.78, 5) is 0. The highest BCUT2D eigenvalue weighted by Gasteiger charge is 2.35. The van der Waals surface area contributed by atoms with Crippen LogP contribution in [0.5, 0.6) is 11.5 Å². The fourth-order valence-electron chi connectivity index (χ4n) is 3.05. The quantitative estimate of drug-likeness (QED) is 0.856. The summed E-state index contributed by atoms with van der Waals surface area (Å²) in [6.45, 7) is 3.61. The van der Waals surface area contributed by atoms with Crippen molar-refractivity contribution < 1.29 is 17.9 Å². The zero-order chi connectivity index (χ0) is 14.9. The van der Waals surface area contributed by atoms with Gasteiger partial charge >= 0.3 is 0 Å². The standard InChI is InChI=1S/C15H21NO4S/c1-2-10-21(17,18)16-7-3-4-13(16)12-5-6-14-15(11-12)20-9-8-19-14/h5-6,11,13H,2-4,7-10H2,1H3/t13-/m0/s1. The lowest BCUT2D eigenvalue weighted by Gasteiger charge is -2.26. The highest BCUT2D eigenvalue weighted by molar-refractivity contribution is 7.89. The Morgan fingerprint density at radius 1 is 1.24 bits per heavy atom. The largest absolute Gasteiger partial charge is 0.486 e. The van der Waals surface area contributed by atoms with Gasteiger partial charge in [-0.15, -0.1) is 0 Å². The summed E-state index contributed by atoms with van der Waals surface area (Å²) in [7, 11) is -3.17. The minimum absolute atomic E-state index is 0.0719. The number of sulfonamides is 1. The minimum Gasteiger partial charge on any atom is -0.486 e. The van der Waals surface area contributed by atoms with E-state index in [0.717, 1.165) is 29.9 Å². The Bertz CT molecular complexity index is 614. The first-order valence-electron chi connectivity index (χ1n) is 7.51. The zero-order valence-corrected chi connectivity index (χ0v) is 13.1. The molecule has 21 heavy (non-hydrogen) atoms. The fourth-order valence-corrected chi connectivity index (χ4v) is 4.82. The van der Waals surface area contributed by atoms with Crippen molar-refractivity contribution in [3.8, 4) is 11.5 Å². The zero-order valence-electron chi connectivity index (χ0n) is 12.2. The van der Waals surface area contributed by atoms with Gasteiger partial charge in [0.1, 0.15) is 13.2 Å². The molecule has 0 aromatic heterocycles. The molecule has 0 aliphatic carbocycles. The molecule has 2 aliphatic heterocycles. The van der Waals surface area contributed by atoms with Crippen molar-refractivity contribution >= 4 is 10.0 Å². The van der Waals surface area contributed by atoms with Crippen LogP contribution in [0.3, 0.4) is 0 Å². The van der Waals surface area contributed by atoms with Gasteiger partial charge in [-0.2, -0.15) is 4.31 Å². The highest BCUT2D eigenvalue weighted by atomic mass is 32.2. The highest BCUT2D eigenvalue weighted by Crippen LogP contribution is 2.39. The molecule has 5 nitrogen and oxygen atoms in total. The second kappa shape index (κ2) is 5.85. The predicted octanol–water partition coefficient (Wildman–Crippen LogP) is 2.33. The molecule has 0 saturated carbocycles. The summed E-state index contributed by atoms with van der Waals surface area (Å²) in [6, 6.07) is 5.70. The Labute approximate surface area is 125 Å². The van der Waals surface area contributed by atoms with E-state index >= 15 is 0 Å². The average Bonchev–Trinajstić information content (AvgIpc) is 2.97. The molecule has 0 spiro atoms. The Balaban J connectivity index is 1.88. The second-order valence-electron chi connectivity index (χ2n) is 5.49. The van der Waals surface area contributed by atoms with Crippen LogP contribution < -0.4 is 9.47 Å². The predicted molar refractivity (Wildman–Crippen MR) is 80.2 cm³/mol. The van der Waals surface area contributed by atoms with Crippen molar-refractivity contribution in [2.75, 3.05) is 25.5 Å². The molecule has 0 N–H and O–H groups in total. The van der Waals surface area contributed by atoms with Crippen LogP contribution in [-0.4, -0.2) is 38.2 Å². The maximum absolute atomic E-state index is 12.4. The molecule has 116 valence electrons. The van der Waals surface area contributed by atoms with Crippen molar-refractivity contribution in [3.05, 3.63) is 23.8 Å². The van der Waals surface area contributed by atoms with Crippen molar-refractivity contribution in [2.45, 2.75) is 32.2 Å². The van der Waals surface area contributed by atoms with E-state index in [2.05, 4.69) is 0 Å². The molecule has 1 saturated heterocycles.